The molecule has 0 spiro atoms. The van der Waals surface area contributed by atoms with E-state index in [0.717, 1.165) is 0 Å². The minimum Gasteiger partial charge on any atom is -0.465 e. The molecule has 0 amide bonds. The van der Waals surface area contributed by atoms with Crippen LogP contribution in [0.4, 0.5) is 10.1 Å². The minimum atomic E-state index is -0.506. The fourth-order valence-electron chi connectivity index (χ4n) is 1.54. The van der Waals surface area contributed by atoms with Crippen molar-refractivity contribution in [1.82, 2.24) is 0 Å². The summed E-state index contributed by atoms with van der Waals surface area (Å²) in [6.45, 7) is 0. The third-order valence-corrected chi connectivity index (χ3v) is 3.20. The second kappa shape index (κ2) is 5.92. The fourth-order valence-corrected chi connectivity index (χ4v) is 1.87. The van der Waals surface area contributed by atoms with Gasteiger partial charge in [-0.1, -0.05) is 0 Å². The van der Waals surface area contributed by atoms with E-state index in [9.17, 15) is 9.18 Å². The largest absolute Gasteiger partial charge is 0.465 e. The van der Waals surface area contributed by atoms with Gasteiger partial charge in [-0.05, 0) is 46.3 Å². The monoisotopic (exact) mass is 339 g/mol. The molecule has 0 aliphatic rings. The standard InChI is InChI=1S/C14H11BrFNO3/c1-19-14(18)8-2-5-11(17)13(6-8)20-12-7-9(16)3-4-10(12)15/h2-7H,17H2,1H3. The van der Waals surface area contributed by atoms with E-state index in [2.05, 4.69) is 20.7 Å². The molecule has 0 unspecified atom stereocenters. The van der Waals surface area contributed by atoms with Crippen molar-refractivity contribution in [3.8, 4) is 11.5 Å². The van der Waals surface area contributed by atoms with Gasteiger partial charge in [-0.25, -0.2) is 9.18 Å². The number of carbonyl (C=O) groups excluding carboxylic acids is 1. The van der Waals surface area contributed by atoms with Crippen LogP contribution in [0, 0.1) is 5.82 Å². The lowest BCUT2D eigenvalue weighted by atomic mass is 10.2. The third kappa shape index (κ3) is 3.08. The van der Waals surface area contributed by atoms with Crippen molar-refractivity contribution in [2.75, 3.05) is 12.8 Å². The Morgan fingerprint density at radius 2 is 1.95 bits per heavy atom. The topological polar surface area (TPSA) is 61.5 Å². The molecular weight excluding hydrogens is 329 g/mol. The molecule has 0 aliphatic carbocycles. The van der Waals surface area contributed by atoms with Gasteiger partial charge in [0.15, 0.2) is 5.75 Å². The Labute approximate surface area is 123 Å². The first-order valence-electron chi connectivity index (χ1n) is 5.62. The molecule has 6 heteroatoms. The molecule has 0 saturated carbocycles. The Hall–Kier alpha value is -2.08. The van der Waals surface area contributed by atoms with Crippen LogP contribution in [0.2, 0.25) is 0 Å². The molecule has 2 rings (SSSR count). The van der Waals surface area contributed by atoms with Gasteiger partial charge in [0, 0.05) is 6.07 Å². The van der Waals surface area contributed by atoms with Gasteiger partial charge in [-0.15, -0.1) is 0 Å². The predicted molar refractivity (Wildman–Crippen MR) is 76.4 cm³/mol. The van der Waals surface area contributed by atoms with E-state index < -0.39 is 11.8 Å². The maximum Gasteiger partial charge on any atom is 0.337 e. The zero-order chi connectivity index (χ0) is 14.7. The number of carbonyl (C=O) groups is 1. The number of hydrogen-bond acceptors (Lipinski definition) is 4. The molecule has 0 bridgehead atoms. The fraction of sp³-hybridized carbons (Fsp3) is 0.0714. The van der Waals surface area contributed by atoms with Gasteiger partial charge in [-0.2, -0.15) is 0 Å². The van der Waals surface area contributed by atoms with Crippen molar-refractivity contribution in [2.45, 2.75) is 0 Å². The summed E-state index contributed by atoms with van der Waals surface area (Å²) in [6.07, 6.45) is 0. The minimum absolute atomic E-state index is 0.249. The number of benzene rings is 2. The lowest BCUT2D eigenvalue weighted by molar-refractivity contribution is 0.0600. The van der Waals surface area contributed by atoms with Crippen molar-refractivity contribution in [2.24, 2.45) is 0 Å². The van der Waals surface area contributed by atoms with Gasteiger partial charge in [0.25, 0.3) is 0 Å². The highest BCUT2D eigenvalue weighted by atomic mass is 79.9. The van der Waals surface area contributed by atoms with Gasteiger partial charge in [0.2, 0.25) is 0 Å². The molecule has 0 atom stereocenters. The molecular formula is C14H11BrFNO3. The number of anilines is 1. The molecule has 4 nitrogen and oxygen atoms in total. The van der Waals surface area contributed by atoms with Crippen LogP contribution in [0.5, 0.6) is 11.5 Å². The van der Waals surface area contributed by atoms with E-state index in [-0.39, 0.29) is 11.5 Å². The van der Waals surface area contributed by atoms with E-state index in [0.29, 0.717) is 15.7 Å². The maximum absolute atomic E-state index is 13.2. The van der Waals surface area contributed by atoms with Crippen LogP contribution in [0.15, 0.2) is 40.9 Å². The number of ether oxygens (including phenoxy) is 2. The summed E-state index contributed by atoms with van der Waals surface area (Å²) in [4.78, 5) is 11.5. The van der Waals surface area contributed by atoms with Crippen LogP contribution in [0.25, 0.3) is 0 Å². The lowest BCUT2D eigenvalue weighted by Gasteiger charge is -2.11. The van der Waals surface area contributed by atoms with Gasteiger partial charge in [0.1, 0.15) is 11.6 Å². The van der Waals surface area contributed by atoms with E-state index in [4.69, 9.17) is 10.5 Å². The normalized spacial score (nSPS) is 10.2. The highest BCUT2D eigenvalue weighted by Crippen LogP contribution is 2.33. The van der Waals surface area contributed by atoms with Crippen molar-refractivity contribution in [3.05, 3.63) is 52.3 Å². The van der Waals surface area contributed by atoms with E-state index in [1.807, 2.05) is 0 Å². The van der Waals surface area contributed by atoms with Crippen molar-refractivity contribution in [1.29, 1.82) is 0 Å². The van der Waals surface area contributed by atoms with E-state index >= 15 is 0 Å². The van der Waals surface area contributed by atoms with Crippen LogP contribution in [-0.2, 0) is 4.74 Å². The summed E-state index contributed by atoms with van der Waals surface area (Å²) in [7, 11) is 1.28. The number of methoxy groups -OCH3 is 1. The van der Waals surface area contributed by atoms with Crippen LogP contribution in [-0.4, -0.2) is 13.1 Å². The highest BCUT2D eigenvalue weighted by Gasteiger charge is 2.12. The molecule has 0 saturated heterocycles. The average Bonchev–Trinajstić information content (AvgIpc) is 2.44. The van der Waals surface area contributed by atoms with Crippen molar-refractivity contribution >= 4 is 27.6 Å². The van der Waals surface area contributed by atoms with E-state index in [1.165, 1.54) is 43.5 Å². The molecule has 104 valence electrons. The Kier molecular flexibility index (Phi) is 4.24. The Bertz CT molecular complexity index is 661. The summed E-state index contributed by atoms with van der Waals surface area (Å²) in [5, 5.41) is 0. The van der Waals surface area contributed by atoms with E-state index in [1.54, 1.807) is 0 Å². The van der Waals surface area contributed by atoms with Gasteiger partial charge in [-0.3, -0.25) is 0 Å². The molecule has 2 N–H and O–H groups in total. The zero-order valence-corrected chi connectivity index (χ0v) is 12.1. The molecule has 2 aromatic rings. The maximum atomic E-state index is 13.2. The number of halogens is 2. The third-order valence-electron chi connectivity index (χ3n) is 2.55. The van der Waals surface area contributed by atoms with Gasteiger partial charge < -0.3 is 15.2 Å². The first-order chi connectivity index (χ1) is 9.51. The summed E-state index contributed by atoms with van der Waals surface area (Å²) in [6, 6.07) is 8.52. The summed E-state index contributed by atoms with van der Waals surface area (Å²) in [5.41, 5.74) is 6.40. The van der Waals surface area contributed by atoms with Crippen LogP contribution < -0.4 is 10.5 Å². The molecule has 20 heavy (non-hydrogen) atoms. The quantitative estimate of drug-likeness (QED) is 0.683. The molecule has 0 aromatic heterocycles. The molecule has 2 aromatic carbocycles. The van der Waals surface area contributed by atoms with Crippen molar-refractivity contribution in [3.63, 3.8) is 0 Å². The first-order valence-corrected chi connectivity index (χ1v) is 6.41. The predicted octanol–water partition coefficient (Wildman–Crippen LogP) is 3.75. The van der Waals surface area contributed by atoms with Gasteiger partial charge in [0.05, 0.1) is 22.8 Å². The van der Waals surface area contributed by atoms with Crippen LogP contribution in [0.3, 0.4) is 0 Å². The molecule has 0 heterocycles. The second-order valence-corrected chi connectivity index (χ2v) is 4.78. The summed E-state index contributed by atoms with van der Waals surface area (Å²) >= 11 is 3.25. The van der Waals surface area contributed by atoms with Crippen LogP contribution >= 0.6 is 15.9 Å². The number of nitrogens with two attached hydrogens (primary N) is 1. The SMILES string of the molecule is COC(=O)c1ccc(N)c(Oc2cc(F)ccc2Br)c1. The lowest BCUT2D eigenvalue weighted by Crippen LogP contribution is -2.02. The number of hydrogen-bond donors (Lipinski definition) is 1. The summed E-state index contributed by atoms with van der Waals surface area (Å²) < 4.78 is 23.9. The molecule has 0 aliphatic heterocycles. The smallest absolute Gasteiger partial charge is 0.337 e. The first kappa shape index (κ1) is 14.3. The average molecular weight is 340 g/mol. The summed E-state index contributed by atoms with van der Waals surface area (Å²) in [5.74, 6) is -0.433. The van der Waals surface area contributed by atoms with Crippen molar-refractivity contribution < 1.29 is 18.7 Å². The Morgan fingerprint density at radius 3 is 2.65 bits per heavy atom. The number of nitrogen functional groups attached to an aromatic ring is 1. The zero-order valence-electron chi connectivity index (χ0n) is 10.5. The second-order valence-electron chi connectivity index (χ2n) is 3.92. The highest BCUT2D eigenvalue weighted by molar-refractivity contribution is 9.10. The Morgan fingerprint density at radius 1 is 1.20 bits per heavy atom. The number of esters is 1. The molecule has 0 radical (unpaired) electrons. The van der Waals surface area contributed by atoms with Gasteiger partial charge >= 0.3 is 5.97 Å². The molecule has 0 fully saturated rings. The van der Waals surface area contributed by atoms with Crippen LogP contribution in [0.1, 0.15) is 10.4 Å². The Balaban J connectivity index is 2.37. The number of rotatable bonds is 3.